The number of hydrogen-bond donors (Lipinski definition) is 1. The number of aromatic nitrogens is 2. The summed E-state index contributed by atoms with van der Waals surface area (Å²) in [5, 5.41) is 6.74. The molecule has 6 nitrogen and oxygen atoms in total. The van der Waals surface area contributed by atoms with Crippen LogP contribution in [0.5, 0.6) is 0 Å². The molecule has 0 radical (unpaired) electrons. The first-order valence-corrected chi connectivity index (χ1v) is 10.3. The molecule has 2 amide bonds. The lowest BCUT2D eigenvalue weighted by molar-refractivity contribution is -0.151. The number of rotatable bonds is 3. The van der Waals surface area contributed by atoms with Crippen LogP contribution in [0.3, 0.4) is 0 Å². The van der Waals surface area contributed by atoms with Crippen LogP contribution in [0.1, 0.15) is 41.7 Å². The number of hydrogen-bond acceptors (Lipinski definition) is 3. The van der Waals surface area contributed by atoms with E-state index in [0.717, 1.165) is 32.2 Å². The Morgan fingerprint density at radius 3 is 2.75 bits per heavy atom. The topological polar surface area (TPSA) is 69.3 Å². The summed E-state index contributed by atoms with van der Waals surface area (Å²) in [4.78, 5) is 30.1. The molecule has 1 aromatic carbocycles. The Hall–Kier alpha value is -2.63. The summed E-state index contributed by atoms with van der Waals surface area (Å²) in [6.07, 6.45) is 6.29. The number of carbonyl (C=O) groups is 2. The van der Waals surface area contributed by atoms with E-state index in [1.807, 2.05) is 11.0 Å². The van der Waals surface area contributed by atoms with E-state index < -0.39 is 0 Å². The van der Waals surface area contributed by atoms with Crippen LogP contribution in [0.4, 0.5) is 0 Å². The predicted octanol–water partition coefficient (Wildman–Crippen LogP) is 2.49. The van der Waals surface area contributed by atoms with Gasteiger partial charge in [0.05, 0.1) is 0 Å². The summed E-state index contributed by atoms with van der Waals surface area (Å²) in [6.45, 7) is 1.45. The fraction of sp³-hybridized carbons (Fsp3) is 0.500. The van der Waals surface area contributed by atoms with Crippen molar-refractivity contribution in [3.8, 4) is 0 Å². The fourth-order valence-electron chi connectivity index (χ4n) is 5.60. The zero-order valence-corrected chi connectivity index (χ0v) is 16.0. The first kappa shape index (κ1) is 17.5. The Balaban J connectivity index is 1.45. The first-order chi connectivity index (χ1) is 13.7. The van der Waals surface area contributed by atoms with Crippen molar-refractivity contribution >= 4 is 11.8 Å². The Bertz CT molecular complexity index is 851. The summed E-state index contributed by atoms with van der Waals surface area (Å²) in [6, 6.07) is 12.6. The van der Waals surface area contributed by atoms with Crippen LogP contribution in [0.2, 0.25) is 0 Å². The number of benzene rings is 1. The second kappa shape index (κ2) is 7.08. The average molecular weight is 378 g/mol. The first-order valence-electron chi connectivity index (χ1n) is 10.3. The van der Waals surface area contributed by atoms with E-state index in [-0.39, 0.29) is 18.0 Å². The summed E-state index contributed by atoms with van der Waals surface area (Å²) < 4.78 is 0. The largest absolute Gasteiger partial charge is 0.337 e. The van der Waals surface area contributed by atoms with E-state index in [1.54, 1.807) is 12.3 Å². The molecule has 1 N–H and O–H groups in total. The van der Waals surface area contributed by atoms with Crippen LogP contribution in [0, 0.1) is 11.8 Å². The lowest BCUT2D eigenvalue weighted by atomic mass is 9.70. The maximum absolute atomic E-state index is 13.0. The van der Waals surface area contributed by atoms with Crippen LogP contribution in [-0.4, -0.2) is 57.0 Å². The molecular formula is C22H26N4O2. The molecule has 0 aliphatic carbocycles. The minimum atomic E-state index is 0.0289. The smallest absolute Gasteiger partial charge is 0.271 e. The summed E-state index contributed by atoms with van der Waals surface area (Å²) >= 11 is 0. The molecule has 3 saturated heterocycles. The minimum absolute atomic E-state index is 0.0289. The molecule has 0 unspecified atom stereocenters. The monoisotopic (exact) mass is 378 g/mol. The number of carbonyl (C=O) groups excluding carboxylic acids is 2. The zero-order chi connectivity index (χ0) is 19.1. The highest BCUT2D eigenvalue weighted by Gasteiger charge is 2.50. The number of piperidine rings is 3. The number of nitrogens with zero attached hydrogens (tertiary/aromatic N) is 3. The SMILES string of the molecule is O=C(c1ccn[nH]1)N1C[C@H]2C[C@@H](C1)[C@H](Cc1ccccc1)N1C(=O)CCC[C@@H]21. The maximum Gasteiger partial charge on any atom is 0.271 e. The van der Waals surface area contributed by atoms with E-state index in [9.17, 15) is 9.59 Å². The molecule has 3 aliphatic rings. The number of amides is 2. The maximum atomic E-state index is 13.0. The van der Waals surface area contributed by atoms with Gasteiger partial charge in [0.2, 0.25) is 5.91 Å². The highest BCUT2D eigenvalue weighted by Crippen LogP contribution is 2.42. The van der Waals surface area contributed by atoms with Gasteiger partial charge in [0.15, 0.2) is 0 Å². The lowest BCUT2D eigenvalue weighted by Gasteiger charge is -2.56. The Kier molecular flexibility index (Phi) is 4.41. The quantitative estimate of drug-likeness (QED) is 0.892. The average Bonchev–Trinajstić information content (AvgIpc) is 3.26. The van der Waals surface area contributed by atoms with Crippen LogP contribution in [-0.2, 0) is 11.2 Å². The Labute approximate surface area is 164 Å². The molecule has 6 heteroatoms. The van der Waals surface area contributed by atoms with Gasteiger partial charge in [-0.05, 0) is 49.1 Å². The van der Waals surface area contributed by atoms with Crippen molar-refractivity contribution in [3.05, 3.63) is 53.9 Å². The molecule has 0 spiro atoms. The van der Waals surface area contributed by atoms with Gasteiger partial charge in [0.1, 0.15) is 5.69 Å². The number of nitrogens with one attached hydrogen (secondary N) is 1. The summed E-state index contributed by atoms with van der Waals surface area (Å²) in [7, 11) is 0. The van der Waals surface area contributed by atoms with Crippen LogP contribution in [0.25, 0.3) is 0 Å². The third kappa shape index (κ3) is 3.01. The van der Waals surface area contributed by atoms with Gasteiger partial charge in [-0.25, -0.2) is 0 Å². The van der Waals surface area contributed by atoms with Gasteiger partial charge in [-0.15, -0.1) is 0 Å². The molecule has 4 atom stereocenters. The standard InChI is InChI=1S/C22H26N4O2/c27-21-8-4-7-19-16-12-17(14-25(13-16)22(28)18-9-10-23-24-18)20(26(19)21)11-15-5-2-1-3-6-15/h1-3,5-6,9-10,16-17,19-20H,4,7-8,11-14H2,(H,23,24)/t16-,17+,19+,20+/m1/s1. The van der Waals surface area contributed by atoms with Gasteiger partial charge in [-0.1, -0.05) is 30.3 Å². The van der Waals surface area contributed by atoms with Crippen LogP contribution < -0.4 is 0 Å². The molecule has 146 valence electrons. The normalized spacial score (nSPS) is 29.5. The molecule has 2 aromatic rings. The highest BCUT2D eigenvalue weighted by atomic mass is 16.2. The van der Waals surface area contributed by atoms with Crippen molar-refractivity contribution in [1.29, 1.82) is 0 Å². The fourth-order valence-corrected chi connectivity index (χ4v) is 5.60. The second-order valence-electron chi connectivity index (χ2n) is 8.45. The van der Waals surface area contributed by atoms with Crippen molar-refractivity contribution in [1.82, 2.24) is 20.0 Å². The summed E-state index contributed by atoms with van der Waals surface area (Å²) in [5.74, 6) is 1.03. The van der Waals surface area contributed by atoms with E-state index in [4.69, 9.17) is 0 Å². The number of fused-ring (bicyclic) bond motifs is 4. The molecule has 28 heavy (non-hydrogen) atoms. The van der Waals surface area contributed by atoms with Gasteiger partial charge in [-0.2, -0.15) is 5.10 Å². The third-order valence-electron chi connectivity index (χ3n) is 6.80. The molecule has 5 rings (SSSR count). The summed E-state index contributed by atoms with van der Waals surface area (Å²) in [5.41, 5.74) is 1.82. The number of likely N-dealkylation sites (tertiary alicyclic amines) is 1. The van der Waals surface area contributed by atoms with E-state index in [1.165, 1.54) is 5.56 Å². The Morgan fingerprint density at radius 2 is 1.96 bits per heavy atom. The van der Waals surface area contributed by atoms with Crippen LogP contribution >= 0.6 is 0 Å². The minimum Gasteiger partial charge on any atom is -0.337 e. The van der Waals surface area contributed by atoms with Gasteiger partial charge >= 0.3 is 0 Å². The number of aromatic amines is 1. The second-order valence-corrected chi connectivity index (χ2v) is 8.45. The van der Waals surface area contributed by atoms with E-state index in [2.05, 4.69) is 39.4 Å². The third-order valence-corrected chi connectivity index (χ3v) is 6.80. The molecule has 0 saturated carbocycles. The molecular weight excluding hydrogens is 352 g/mol. The van der Waals surface area contributed by atoms with Crippen molar-refractivity contribution in [2.75, 3.05) is 13.1 Å². The van der Waals surface area contributed by atoms with Gasteiger partial charge < -0.3 is 9.80 Å². The van der Waals surface area contributed by atoms with Crippen molar-refractivity contribution in [3.63, 3.8) is 0 Å². The lowest BCUT2D eigenvalue weighted by Crippen LogP contribution is -2.66. The Morgan fingerprint density at radius 1 is 1.14 bits per heavy atom. The molecule has 4 heterocycles. The van der Waals surface area contributed by atoms with Gasteiger partial charge in [0, 0.05) is 37.8 Å². The zero-order valence-electron chi connectivity index (χ0n) is 16.0. The highest BCUT2D eigenvalue weighted by molar-refractivity contribution is 5.92. The van der Waals surface area contributed by atoms with E-state index >= 15 is 0 Å². The molecule has 1 aromatic heterocycles. The van der Waals surface area contributed by atoms with Crippen molar-refractivity contribution < 1.29 is 9.59 Å². The molecule has 2 bridgehead atoms. The van der Waals surface area contributed by atoms with Crippen molar-refractivity contribution in [2.24, 2.45) is 11.8 Å². The van der Waals surface area contributed by atoms with Crippen molar-refractivity contribution in [2.45, 2.75) is 44.2 Å². The number of H-pyrrole nitrogens is 1. The van der Waals surface area contributed by atoms with Crippen LogP contribution in [0.15, 0.2) is 42.6 Å². The van der Waals surface area contributed by atoms with Gasteiger partial charge in [0.25, 0.3) is 5.91 Å². The predicted molar refractivity (Wildman–Crippen MR) is 105 cm³/mol. The van der Waals surface area contributed by atoms with Gasteiger partial charge in [-0.3, -0.25) is 14.7 Å². The van der Waals surface area contributed by atoms with E-state index in [0.29, 0.717) is 36.4 Å². The molecule has 3 fully saturated rings. The molecule has 3 aliphatic heterocycles.